The number of fused-ring (bicyclic) bond motifs is 7. The summed E-state index contributed by atoms with van der Waals surface area (Å²) >= 11 is 0. The van der Waals surface area contributed by atoms with Gasteiger partial charge in [0.25, 0.3) is 6.71 Å². The van der Waals surface area contributed by atoms with Gasteiger partial charge < -0.3 is 9.80 Å². The lowest BCUT2D eigenvalue weighted by molar-refractivity contribution is 0.590. The summed E-state index contributed by atoms with van der Waals surface area (Å²) in [6.45, 7) is 28.0. The van der Waals surface area contributed by atoms with E-state index in [0.29, 0.717) is 0 Å². The molecule has 0 amide bonds. The summed E-state index contributed by atoms with van der Waals surface area (Å²) in [6, 6.07) is 54.1. The smallest absolute Gasteiger partial charge is 0.252 e. The summed E-state index contributed by atoms with van der Waals surface area (Å²) in [6.07, 6.45) is 0. The number of anilines is 6. The van der Waals surface area contributed by atoms with Crippen molar-refractivity contribution >= 4 is 57.2 Å². The van der Waals surface area contributed by atoms with Gasteiger partial charge in [-0.3, -0.25) is 0 Å². The molecule has 2 nitrogen and oxygen atoms in total. The third kappa shape index (κ3) is 6.21. The van der Waals surface area contributed by atoms with E-state index in [1.807, 2.05) is 0 Å². The summed E-state index contributed by atoms with van der Waals surface area (Å²) < 4.78 is 0. The molecule has 10 rings (SSSR count). The number of hydrogen-bond acceptors (Lipinski definition) is 2. The van der Waals surface area contributed by atoms with E-state index in [-0.39, 0.29) is 28.4 Å². The van der Waals surface area contributed by atoms with Crippen LogP contribution in [0.4, 0.5) is 34.1 Å². The van der Waals surface area contributed by atoms with Gasteiger partial charge in [-0.05, 0) is 150 Å². The molecule has 0 bridgehead atoms. The molecule has 0 spiro atoms. The van der Waals surface area contributed by atoms with Gasteiger partial charge in [-0.25, -0.2) is 0 Å². The Hall–Kier alpha value is -5.80. The molecule has 0 fully saturated rings. The second-order valence-electron chi connectivity index (χ2n) is 21.6. The number of hydrogen-bond donors (Lipinski definition) is 0. The Kier molecular flexibility index (Phi) is 8.61. The van der Waals surface area contributed by atoms with Crippen molar-refractivity contribution in [2.24, 2.45) is 0 Å². The predicted molar refractivity (Wildman–Crippen MR) is 264 cm³/mol. The molecule has 7 aromatic rings. The quantitative estimate of drug-likeness (QED) is 0.164. The Labute approximate surface area is 365 Å². The van der Waals surface area contributed by atoms with Crippen molar-refractivity contribution in [2.75, 3.05) is 9.80 Å². The van der Waals surface area contributed by atoms with Crippen LogP contribution >= 0.6 is 0 Å². The van der Waals surface area contributed by atoms with E-state index in [0.717, 1.165) is 0 Å². The number of aryl methyl sites for hydroxylation is 1. The molecular formula is C58H59BN2. The van der Waals surface area contributed by atoms with Crippen molar-refractivity contribution in [3.05, 3.63) is 173 Å². The van der Waals surface area contributed by atoms with E-state index < -0.39 is 0 Å². The third-order valence-electron chi connectivity index (χ3n) is 14.0. The van der Waals surface area contributed by atoms with Gasteiger partial charge in [-0.15, -0.1) is 0 Å². The molecule has 7 aromatic carbocycles. The first-order valence-corrected chi connectivity index (χ1v) is 22.3. The molecule has 0 radical (unpaired) electrons. The maximum Gasteiger partial charge on any atom is 0.252 e. The van der Waals surface area contributed by atoms with Crippen molar-refractivity contribution in [3.8, 4) is 22.3 Å². The molecule has 304 valence electrons. The minimum Gasteiger partial charge on any atom is -0.311 e. The summed E-state index contributed by atoms with van der Waals surface area (Å²) in [5.74, 6) is 0. The van der Waals surface area contributed by atoms with Crippen LogP contribution in [0.3, 0.4) is 0 Å². The fraction of sp³-hybridized carbons (Fsp3) is 0.276. The molecule has 0 N–H and O–H groups in total. The highest BCUT2D eigenvalue weighted by Crippen LogP contribution is 2.50. The molecule has 3 heteroatoms. The lowest BCUT2D eigenvalue weighted by atomic mass is 9.33. The summed E-state index contributed by atoms with van der Waals surface area (Å²) in [5, 5.41) is 0. The third-order valence-corrected chi connectivity index (χ3v) is 14.0. The van der Waals surface area contributed by atoms with Crippen LogP contribution < -0.4 is 26.2 Å². The molecular weight excluding hydrogens is 735 g/mol. The van der Waals surface area contributed by atoms with E-state index >= 15 is 0 Å². The summed E-state index contributed by atoms with van der Waals surface area (Å²) in [7, 11) is 0. The second-order valence-corrected chi connectivity index (χ2v) is 21.6. The standard InChI is InChI=1S/C58H59BN2/c1-36-31-52-54-53(32-36)61(42-24-17-37(18-25-42)38-19-28-45-44-15-13-14-16-46(44)58(11,12)47(45)33-38)51-35-41(57(8,9)10)22-29-48(51)59(54)49-34-40(56(5,6)7)23-30-50(49)60(52)43-26-20-39(21-27-43)55(2,3)4/h13-35H,1-12H3. The van der Waals surface area contributed by atoms with Crippen LogP contribution in [0.5, 0.6) is 0 Å². The Bertz CT molecular complexity index is 2890. The van der Waals surface area contributed by atoms with Gasteiger partial charge >= 0.3 is 0 Å². The van der Waals surface area contributed by atoms with Gasteiger partial charge in [0.05, 0.1) is 0 Å². The number of rotatable bonds is 3. The van der Waals surface area contributed by atoms with E-state index in [1.54, 1.807) is 0 Å². The highest BCUT2D eigenvalue weighted by Gasteiger charge is 2.44. The lowest BCUT2D eigenvalue weighted by Crippen LogP contribution is -2.61. The average Bonchev–Trinajstić information content (AvgIpc) is 3.44. The van der Waals surface area contributed by atoms with Gasteiger partial charge in [0.15, 0.2) is 0 Å². The minimum absolute atomic E-state index is 0.00450. The van der Waals surface area contributed by atoms with Crippen molar-refractivity contribution in [2.45, 2.75) is 105 Å². The van der Waals surface area contributed by atoms with Crippen molar-refractivity contribution in [1.82, 2.24) is 0 Å². The molecule has 1 aliphatic carbocycles. The van der Waals surface area contributed by atoms with Crippen LogP contribution in [-0.4, -0.2) is 6.71 Å². The minimum atomic E-state index is -0.0419. The molecule has 61 heavy (non-hydrogen) atoms. The van der Waals surface area contributed by atoms with Crippen molar-refractivity contribution in [3.63, 3.8) is 0 Å². The number of nitrogens with zero attached hydrogens (tertiary/aromatic N) is 2. The predicted octanol–water partition coefficient (Wildman–Crippen LogP) is 13.9. The first-order valence-electron chi connectivity index (χ1n) is 22.3. The monoisotopic (exact) mass is 794 g/mol. The SMILES string of the molecule is Cc1cc2c3c(c1)N(c1ccc(-c4ccc5c(c4)C(C)(C)c4ccccc4-5)cc1)c1cc(C(C)(C)C)ccc1B3c1cc(C(C)(C)C)ccc1N2c1ccc(C(C)(C)C)cc1. The average molecular weight is 795 g/mol. The zero-order valence-electron chi connectivity index (χ0n) is 38.3. The van der Waals surface area contributed by atoms with Crippen LogP contribution in [0.25, 0.3) is 22.3 Å². The highest BCUT2D eigenvalue weighted by molar-refractivity contribution is 7.00. The maximum absolute atomic E-state index is 2.57. The van der Waals surface area contributed by atoms with Gasteiger partial charge in [0.1, 0.15) is 0 Å². The maximum atomic E-state index is 2.57. The summed E-state index contributed by atoms with van der Waals surface area (Å²) in [5.41, 5.74) is 24.8. The molecule has 2 heterocycles. The van der Waals surface area contributed by atoms with Crippen LogP contribution in [-0.2, 0) is 21.7 Å². The Balaban J connectivity index is 1.17. The van der Waals surface area contributed by atoms with Crippen molar-refractivity contribution < 1.29 is 0 Å². The second kappa shape index (κ2) is 13.4. The van der Waals surface area contributed by atoms with E-state index in [2.05, 4.69) is 232 Å². The molecule has 0 atom stereocenters. The largest absolute Gasteiger partial charge is 0.311 e. The topological polar surface area (TPSA) is 6.48 Å². The van der Waals surface area contributed by atoms with Gasteiger partial charge in [-0.2, -0.15) is 0 Å². The van der Waals surface area contributed by atoms with E-state index in [9.17, 15) is 0 Å². The van der Waals surface area contributed by atoms with Gasteiger partial charge in [0, 0.05) is 39.5 Å². The fourth-order valence-corrected chi connectivity index (χ4v) is 10.4. The zero-order chi connectivity index (χ0) is 43.0. The van der Waals surface area contributed by atoms with Crippen LogP contribution in [0.15, 0.2) is 140 Å². The van der Waals surface area contributed by atoms with E-state index in [4.69, 9.17) is 0 Å². The first-order chi connectivity index (χ1) is 28.8. The van der Waals surface area contributed by atoms with Crippen LogP contribution in [0, 0.1) is 6.92 Å². The fourth-order valence-electron chi connectivity index (χ4n) is 10.4. The molecule has 3 aliphatic rings. The lowest BCUT2D eigenvalue weighted by Gasteiger charge is -2.45. The van der Waals surface area contributed by atoms with Crippen molar-refractivity contribution in [1.29, 1.82) is 0 Å². The van der Waals surface area contributed by atoms with Crippen LogP contribution in [0.1, 0.15) is 110 Å². The Morgan fingerprint density at radius 3 is 1.59 bits per heavy atom. The molecule has 0 saturated heterocycles. The molecule has 0 unspecified atom stereocenters. The first kappa shape index (κ1) is 39.3. The molecule has 0 saturated carbocycles. The zero-order valence-corrected chi connectivity index (χ0v) is 38.3. The Morgan fingerprint density at radius 1 is 0.426 bits per heavy atom. The molecule has 2 aliphatic heterocycles. The normalized spacial score (nSPS) is 14.9. The summed E-state index contributed by atoms with van der Waals surface area (Å²) in [4.78, 5) is 5.11. The van der Waals surface area contributed by atoms with E-state index in [1.165, 1.54) is 106 Å². The highest BCUT2D eigenvalue weighted by atomic mass is 15.2. The van der Waals surface area contributed by atoms with Gasteiger partial charge in [-0.1, -0.05) is 161 Å². The number of benzene rings is 7. The Morgan fingerprint density at radius 2 is 0.951 bits per heavy atom. The molecule has 0 aromatic heterocycles. The van der Waals surface area contributed by atoms with Crippen LogP contribution in [0.2, 0.25) is 0 Å². The van der Waals surface area contributed by atoms with Gasteiger partial charge in [0.2, 0.25) is 0 Å².